The lowest BCUT2D eigenvalue weighted by Crippen LogP contribution is -2.18. The lowest BCUT2D eigenvalue weighted by atomic mass is 10.0. The van der Waals surface area contributed by atoms with E-state index in [9.17, 15) is 9.59 Å². The van der Waals surface area contributed by atoms with Crippen LogP contribution in [-0.2, 0) is 22.4 Å². The number of Topliss-reactive ketones (excluding diaryl/α,β-unsaturated/α-hetero) is 1. The van der Waals surface area contributed by atoms with Gasteiger partial charge in [0.1, 0.15) is 0 Å². The molecule has 4 heteroatoms. The van der Waals surface area contributed by atoms with Crippen molar-refractivity contribution in [3.05, 3.63) is 29.3 Å². The van der Waals surface area contributed by atoms with Crippen molar-refractivity contribution < 1.29 is 9.59 Å². The van der Waals surface area contributed by atoms with Gasteiger partial charge in [0, 0.05) is 5.69 Å². The number of hydrogen-bond donors (Lipinski definition) is 1. The quantitative estimate of drug-likeness (QED) is 0.636. The third-order valence-corrected chi connectivity index (χ3v) is 3.07. The van der Waals surface area contributed by atoms with E-state index in [0.29, 0.717) is 0 Å². The van der Waals surface area contributed by atoms with Gasteiger partial charge in [0.2, 0.25) is 5.91 Å². The minimum Gasteiger partial charge on any atom is -0.325 e. The number of amides is 1. The van der Waals surface area contributed by atoms with E-state index < -0.39 is 0 Å². The molecule has 0 bridgehead atoms. The van der Waals surface area contributed by atoms with E-state index in [2.05, 4.69) is 5.32 Å². The molecule has 1 aromatic rings. The van der Waals surface area contributed by atoms with Gasteiger partial charge >= 0.3 is 0 Å². The van der Waals surface area contributed by atoms with E-state index >= 15 is 0 Å². The van der Waals surface area contributed by atoms with Crippen molar-refractivity contribution in [2.45, 2.75) is 33.1 Å². The van der Waals surface area contributed by atoms with Gasteiger partial charge in [-0.05, 0) is 24.0 Å². The van der Waals surface area contributed by atoms with E-state index in [-0.39, 0.29) is 24.0 Å². The van der Waals surface area contributed by atoms with E-state index in [4.69, 9.17) is 11.6 Å². The molecule has 0 aliphatic rings. The van der Waals surface area contributed by atoms with Gasteiger partial charge in [0.05, 0.1) is 12.3 Å². The van der Waals surface area contributed by atoms with Crippen LogP contribution in [0.5, 0.6) is 0 Å². The summed E-state index contributed by atoms with van der Waals surface area (Å²) in [6, 6.07) is 5.95. The van der Waals surface area contributed by atoms with Crippen molar-refractivity contribution in [2.75, 3.05) is 11.2 Å². The summed E-state index contributed by atoms with van der Waals surface area (Å²) in [6.45, 7) is 4.07. The zero-order valence-corrected chi connectivity index (χ0v) is 11.5. The Balaban J connectivity index is 2.88. The zero-order valence-electron chi connectivity index (χ0n) is 10.8. The van der Waals surface area contributed by atoms with E-state index in [1.165, 1.54) is 0 Å². The molecule has 1 amide bonds. The van der Waals surface area contributed by atoms with Crippen LogP contribution < -0.4 is 5.32 Å². The Morgan fingerprint density at radius 1 is 1.17 bits per heavy atom. The second kappa shape index (κ2) is 7.17. The summed E-state index contributed by atoms with van der Waals surface area (Å²) in [5.41, 5.74) is 3.01. The molecule has 98 valence electrons. The molecule has 0 heterocycles. The Kier molecular flexibility index (Phi) is 5.86. The van der Waals surface area contributed by atoms with Gasteiger partial charge in [-0.2, -0.15) is 0 Å². The van der Waals surface area contributed by atoms with Crippen molar-refractivity contribution in [3.8, 4) is 0 Å². The molecule has 0 unspecified atom stereocenters. The first-order valence-corrected chi connectivity index (χ1v) is 6.64. The fraction of sp³-hybridized carbons (Fsp3) is 0.429. The fourth-order valence-corrected chi connectivity index (χ4v) is 1.91. The molecule has 1 N–H and O–H groups in total. The molecule has 0 aliphatic carbocycles. The number of benzene rings is 1. The summed E-state index contributed by atoms with van der Waals surface area (Å²) in [7, 11) is 0. The fourth-order valence-electron chi connectivity index (χ4n) is 1.81. The third-order valence-electron chi connectivity index (χ3n) is 2.77. The predicted octanol–water partition coefficient (Wildman–Crippen LogP) is 2.95. The predicted molar refractivity (Wildman–Crippen MR) is 74.2 cm³/mol. The summed E-state index contributed by atoms with van der Waals surface area (Å²) < 4.78 is 0. The van der Waals surface area contributed by atoms with Crippen LogP contribution in [0.1, 0.15) is 31.4 Å². The van der Waals surface area contributed by atoms with Gasteiger partial charge in [0.25, 0.3) is 0 Å². The van der Waals surface area contributed by atoms with E-state index in [1.807, 2.05) is 32.0 Å². The minimum absolute atomic E-state index is 0.122. The topological polar surface area (TPSA) is 46.2 Å². The van der Waals surface area contributed by atoms with Gasteiger partial charge in [-0.25, -0.2) is 0 Å². The number of carbonyl (C=O) groups is 2. The average molecular weight is 268 g/mol. The standard InChI is InChI=1S/C14H18ClNO2/c1-3-10-6-5-7-11(4-2)14(10)16-13(18)8-12(17)9-15/h5-7H,3-4,8-9H2,1-2H3,(H,16,18). The second-order valence-electron chi connectivity index (χ2n) is 4.06. The Hall–Kier alpha value is -1.35. The summed E-state index contributed by atoms with van der Waals surface area (Å²) in [5.74, 6) is -0.679. The number of halogens is 1. The molecule has 3 nitrogen and oxygen atoms in total. The SMILES string of the molecule is CCc1cccc(CC)c1NC(=O)CC(=O)CCl. The summed E-state index contributed by atoms with van der Waals surface area (Å²) >= 11 is 5.39. The van der Waals surface area contributed by atoms with Crippen LogP contribution >= 0.6 is 11.6 Å². The highest BCUT2D eigenvalue weighted by molar-refractivity contribution is 6.29. The molecule has 1 rings (SSSR count). The molecule has 18 heavy (non-hydrogen) atoms. The molecular weight excluding hydrogens is 250 g/mol. The minimum atomic E-state index is -0.295. The summed E-state index contributed by atoms with van der Waals surface area (Å²) in [6.07, 6.45) is 1.52. The maximum atomic E-state index is 11.7. The van der Waals surface area contributed by atoms with Crippen molar-refractivity contribution in [1.82, 2.24) is 0 Å². The third kappa shape index (κ3) is 3.84. The number of nitrogens with one attached hydrogen (secondary N) is 1. The normalized spacial score (nSPS) is 10.2. The highest BCUT2D eigenvalue weighted by Crippen LogP contribution is 2.22. The molecule has 0 atom stereocenters. The van der Waals surface area contributed by atoms with Gasteiger partial charge in [-0.3, -0.25) is 9.59 Å². The van der Waals surface area contributed by atoms with Crippen LogP contribution in [0.3, 0.4) is 0 Å². The number of alkyl halides is 1. The Morgan fingerprint density at radius 2 is 1.72 bits per heavy atom. The van der Waals surface area contributed by atoms with Gasteiger partial charge < -0.3 is 5.32 Å². The van der Waals surface area contributed by atoms with Crippen LogP contribution in [-0.4, -0.2) is 17.6 Å². The first-order valence-electron chi connectivity index (χ1n) is 6.10. The largest absolute Gasteiger partial charge is 0.325 e. The lowest BCUT2D eigenvalue weighted by molar-refractivity contribution is -0.124. The maximum Gasteiger partial charge on any atom is 0.231 e. The number of ketones is 1. The molecule has 0 saturated carbocycles. The van der Waals surface area contributed by atoms with Crippen molar-refractivity contribution >= 4 is 29.0 Å². The second-order valence-corrected chi connectivity index (χ2v) is 4.32. The van der Waals surface area contributed by atoms with Crippen molar-refractivity contribution in [3.63, 3.8) is 0 Å². The average Bonchev–Trinajstić information content (AvgIpc) is 2.38. The van der Waals surface area contributed by atoms with Crippen LogP contribution in [0, 0.1) is 0 Å². The zero-order chi connectivity index (χ0) is 13.5. The first-order chi connectivity index (χ1) is 8.62. The molecule has 0 aromatic heterocycles. The summed E-state index contributed by atoms with van der Waals surface area (Å²) in [4.78, 5) is 22.9. The monoisotopic (exact) mass is 267 g/mol. The Labute approximate surface area is 113 Å². The number of hydrogen-bond acceptors (Lipinski definition) is 2. The number of rotatable bonds is 6. The number of para-hydroxylation sites is 1. The molecule has 0 radical (unpaired) electrons. The van der Waals surface area contributed by atoms with Crippen molar-refractivity contribution in [1.29, 1.82) is 0 Å². The molecular formula is C14H18ClNO2. The van der Waals surface area contributed by atoms with E-state index in [1.54, 1.807) is 0 Å². The summed E-state index contributed by atoms with van der Waals surface area (Å²) in [5, 5.41) is 2.83. The molecule has 0 aliphatic heterocycles. The van der Waals surface area contributed by atoms with Crippen LogP contribution in [0.15, 0.2) is 18.2 Å². The first kappa shape index (κ1) is 14.7. The number of anilines is 1. The Morgan fingerprint density at radius 3 is 2.17 bits per heavy atom. The van der Waals surface area contributed by atoms with Crippen molar-refractivity contribution in [2.24, 2.45) is 0 Å². The molecule has 0 saturated heterocycles. The maximum absolute atomic E-state index is 11.7. The molecule has 0 fully saturated rings. The van der Waals surface area contributed by atoms with Crippen LogP contribution in [0.2, 0.25) is 0 Å². The van der Waals surface area contributed by atoms with Gasteiger partial charge in [-0.1, -0.05) is 32.0 Å². The lowest BCUT2D eigenvalue weighted by Gasteiger charge is -2.14. The highest BCUT2D eigenvalue weighted by atomic mass is 35.5. The van der Waals surface area contributed by atoms with Gasteiger partial charge in [0.15, 0.2) is 5.78 Å². The Bertz CT molecular complexity index is 421. The number of aryl methyl sites for hydroxylation is 2. The van der Waals surface area contributed by atoms with Crippen LogP contribution in [0.4, 0.5) is 5.69 Å². The smallest absolute Gasteiger partial charge is 0.231 e. The molecule has 1 aromatic carbocycles. The molecule has 0 spiro atoms. The van der Waals surface area contributed by atoms with Crippen LogP contribution in [0.25, 0.3) is 0 Å². The van der Waals surface area contributed by atoms with E-state index in [0.717, 1.165) is 29.7 Å². The number of carbonyl (C=O) groups excluding carboxylic acids is 2. The van der Waals surface area contributed by atoms with Gasteiger partial charge in [-0.15, -0.1) is 11.6 Å². The highest BCUT2D eigenvalue weighted by Gasteiger charge is 2.12.